The summed E-state index contributed by atoms with van der Waals surface area (Å²) < 4.78 is 0. The first-order chi connectivity index (χ1) is 9.67. The number of carbonyl (C=O) groups excluding carboxylic acids is 2. The molecule has 106 valence electrons. The second-order valence-electron chi connectivity index (χ2n) is 4.18. The van der Waals surface area contributed by atoms with Crippen molar-refractivity contribution in [3.8, 4) is 0 Å². The van der Waals surface area contributed by atoms with Crippen LogP contribution in [0, 0.1) is 5.92 Å². The van der Waals surface area contributed by atoms with Gasteiger partial charge in [0.15, 0.2) is 0 Å². The molecule has 2 rings (SSSR count). The maximum Gasteiger partial charge on any atom is 0.317 e. The van der Waals surface area contributed by atoms with Crippen LogP contribution in [0.3, 0.4) is 0 Å². The van der Waals surface area contributed by atoms with Crippen molar-refractivity contribution in [3.63, 3.8) is 0 Å². The van der Waals surface area contributed by atoms with E-state index in [1.165, 1.54) is 14.1 Å². The van der Waals surface area contributed by atoms with Crippen molar-refractivity contribution in [1.82, 2.24) is 16.0 Å². The fourth-order valence-electron chi connectivity index (χ4n) is 1.94. The molecule has 3 amide bonds. The zero-order valence-electron chi connectivity index (χ0n) is 11.2. The molecule has 1 aromatic rings. The van der Waals surface area contributed by atoms with Crippen molar-refractivity contribution in [2.24, 2.45) is 11.1 Å². The molecule has 0 spiro atoms. The van der Waals surface area contributed by atoms with Crippen molar-refractivity contribution in [2.75, 3.05) is 14.1 Å². The summed E-state index contributed by atoms with van der Waals surface area (Å²) in [7, 11) is 3.01. The van der Waals surface area contributed by atoms with Gasteiger partial charge in [-0.1, -0.05) is 35.5 Å². The number of nitrogens with one attached hydrogen (secondary N) is 3. The molecule has 0 saturated heterocycles. The Kier molecular flexibility index (Phi) is 4.19. The minimum atomic E-state index is -0.829. The first-order valence-electron chi connectivity index (χ1n) is 6.16. The molecule has 0 radical (unpaired) electrons. The lowest BCUT2D eigenvalue weighted by molar-refractivity contribution is -0.125. The Morgan fingerprint density at radius 3 is 2.45 bits per heavy atom. The van der Waals surface area contributed by atoms with Gasteiger partial charge in [0, 0.05) is 19.7 Å². The molecular weight excluding hydrogens is 260 g/mol. The molecule has 1 aliphatic heterocycles. The summed E-state index contributed by atoms with van der Waals surface area (Å²) in [5.74, 6) is -0.966. The molecule has 1 aromatic carbocycles. The van der Waals surface area contributed by atoms with E-state index in [0.29, 0.717) is 5.71 Å². The van der Waals surface area contributed by atoms with Crippen LogP contribution in [0.25, 0.3) is 0 Å². The summed E-state index contributed by atoms with van der Waals surface area (Å²) in [5.41, 5.74) is 1.27. The smallest absolute Gasteiger partial charge is 0.317 e. The predicted octanol–water partition coefficient (Wildman–Crippen LogP) is 0.0382. The van der Waals surface area contributed by atoms with Gasteiger partial charge in [-0.2, -0.15) is 0 Å². The summed E-state index contributed by atoms with van der Waals surface area (Å²) >= 11 is 0. The van der Waals surface area contributed by atoms with E-state index in [0.717, 1.165) is 5.56 Å². The van der Waals surface area contributed by atoms with Gasteiger partial charge >= 0.3 is 6.03 Å². The Morgan fingerprint density at radius 2 is 1.85 bits per heavy atom. The highest BCUT2D eigenvalue weighted by Crippen LogP contribution is 2.22. The quantitative estimate of drug-likeness (QED) is 0.727. The zero-order valence-corrected chi connectivity index (χ0v) is 11.2. The Hall–Kier alpha value is -2.57. The van der Waals surface area contributed by atoms with E-state index in [4.69, 9.17) is 4.84 Å². The highest BCUT2D eigenvalue weighted by atomic mass is 16.7. The molecule has 1 heterocycles. The third kappa shape index (κ3) is 2.71. The van der Waals surface area contributed by atoms with E-state index in [9.17, 15) is 9.59 Å². The van der Waals surface area contributed by atoms with Gasteiger partial charge in [0.2, 0.25) is 12.1 Å². The lowest BCUT2D eigenvalue weighted by atomic mass is 9.95. The van der Waals surface area contributed by atoms with E-state index in [1.54, 1.807) is 0 Å². The predicted molar refractivity (Wildman–Crippen MR) is 73.0 cm³/mol. The summed E-state index contributed by atoms with van der Waals surface area (Å²) in [6.45, 7) is 0. The molecule has 2 atom stereocenters. The number of hydrogen-bond acceptors (Lipinski definition) is 4. The number of amides is 3. The summed E-state index contributed by atoms with van der Waals surface area (Å²) in [4.78, 5) is 28.6. The van der Waals surface area contributed by atoms with Gasteiger partial charge in [-0.25, -0.2) is 4.79 Å². The zero-order chi connectivity index (χ0) is 14.5. The highest BCUT2D eigenvalue weighted by Gasteiger charge is 2.40. The lowest BCUT2D eigenvalue weighted by Crippen LogP contribution is -2.49. The van der Waals surface area contributed by atoms with Gasteiger partial charge in [-0.15, -0.1) is 0 Å². The molecule has 0 saturated carbocycles. The van der Waals surface area contributed by atoms with E-state index >= 15 is 0 Å². The second kappa shape index (κ2) is 6.05. The summed E-state index contributed by atoms with van der Waals surface area (Å²) in [6.07, 6.45) is -0.829. The maximum absolute atomic E-state index is 12.0. The first kappa shape index (κ1) is 13.9. The maximum atomic E-state index is 12.0. The number of carbonyl (C=O) groups is 2. The Balaban J connectivity index is 2.25. The topological polar surface area (TPSA) is 91.8 Å². The third-order valence-corrected chi connectivity index (χ3v) is 2.96. The molecule has 0 aliphatic carbocycles. The van der Waals surface area contributed by atoms with Crippen LogP contribution in [0.15, 0.2) is 35.5 Å². The molecule has 0 bridgehead atoms. The monoisotopic (exact) mass is 276 g/mol. The number of hydrogen-bond donors (Lipinski definition) is 3. The van der Waals surface area contributed by atoms with Crippen molar-refractivity contribution in [2.45, 2.75) is 6.23 Å². The van der Waals surface area contributed by atoms with Crippen molar-refractivity contribution in [1.29, 1.82) is 0 Å². The van der Waals surface area contributed by atoms with Gasteiger partial charge in [0.25, 0.3) is 0 Å². The molecular formula is C13H16N4O3. The van der Waals surface area contributed by atoms with Crippen LogP contribution in [0.4, 0.5) is 4.79 Å². The molecule has 7 nitrogen and oxygen atoms in total. The van der Waals surface area contributed by atoms with Crippen molar-refractivity contribution in [3.05, 3.63) is 35.9 Å². The number of rotatable bonds is 3. The highest BCUT2D eigenvalue weighted by molar-refractivity contribution is 6.14. The van der Waals surface area contributed by atoms with Gasteiger partial charge in [-0.3, -0.25) is 10.1 Å². The minimum Gasteiger partial charge on any atom is -0.369 e. The molecule has 7 heteroatoms. The van der Waals surface area contributed by atoms with Crippen LogP contribution < -0.4 is 16.0 Å². The van der Waals surface area contributed by atoms with Crippen molar-refractivity contribution < 1.29 is 14.4 Å². The van der Waals surface area contributed by atoms with Crippen LogP contribution >= 0.6 is 0 Å². The Morgan fingerprint density at radius 1 is 1.15 bits per heavy atom. The SMILES string of the molecule is CNC(=O)N[C@@H]1ON=C(c2ccccc2)[C@H]1C(=O)NC. The minimum absolute atomic E-state index is 0.272. The van der Waals surface area contributed by atoms with Gasteiger partial charge in [0.05, 0.1) is 0 Å². The first-order valence-corrected chi connectivity index (χ1v) is 6.16. The largest absolute Gasteiger partial charge is 0.369 e. The average Bonchev–Trinajstić information content (AvgIpc) is 2.90. The van der Waals surface area contributed by atoms with Gasteiger partial charge < -0.3 is 15.5 Å². The molecule has 1 aliphatic rings. The summed E-state index contributed by atoms with van der Waals surface area (Å²) in [6, 6.07) is 8.79. The van der Waals surface area contributed by atoms with Crippen LogP contribution in [-0.2, 0) is 9.63 Å². The fraction of sp³-hybridized carbons (Fsp3) is 0.308. The second-order valence-corrected chi connectivity index (χ2v) is 4.18. The van der Waals surface area contributed by atoms with Crippen LogP contribution in [0.5, 0.6) is 0 Å². The number of benzene rings is 1. The normalized spacial score (nSPS) is 20.6. The number of oxime groups is 1. The van der Waals surface area contributed by atoms with Crippen LogP contribution in [0.1, 0.15) is 5.56 Å². The van der Waals surface area contributed by atoms with E-state index in [1.807, 2.05) is 30.3 Å². The summed E-state index contributed by atoms with van der Waals surface area (Å²) in [5, 5.41) is 11.5. The Labute approximate surface area is 116 Å². The fourth-order valence-corrected chi connectivity index (χ4v) is 1.94. The van der Waals surface area contributed by atoms with Gasteiger partial charge in [-0.05, 0) is 0 Å². The third-order valence-electron chi connectivity index (χ3n) is 2.96. The molecule has 0 fully saturated rings. The lowest BCUT2D eigenvalue weighted by Gasteiger charge is -2.18. The standard InChI is InChI=1S/C13H16N4O3/c1-14-11(18)9-10(8-6-4-3-5-7-8)17-20-12(9)16-13(19)15-2/h3-7,9,12H,1-2H3,(H,14,18)(H2,15,16,19)/t9-,12+/m0/s1. The average molecular weight is 276 g/mol. The molecule has 3 N–H and O–H groups in total. The molecule has 20 heavy (non-hydrogen) atoms. The van der Waals surface area contributed by atoms with E-state index < -0.39 is 18.2 Å². The van der Waals surface area contributed by atoms with Crippen molar-refractivity contribution >= 4 is 17.6 Å². The van der Waals surface area contributed by atoms with E-state index in [-0.39, 0.29) is 5.91 Å². The van der Waals surface area contributed by atoms with E-state index in [2.05, 4.69) is 21.1 Å². The molecule has 0 unspecified atom stereocenters. The molecule has 0 aromatic heterocycles. The van der Waals surface area contributed by atoms with Crippen LogP contribution in [-0.4, -0.2) is 38.0 Å². The Bertz CT molecular complexity index is 530. The number of nitrogens with zero attached hydrogens (tertiary/aromatic N) is 1. The van der Waals surface area contributed by atoms with Crippen LogP contribution in [0.2, 0.25) is 0 Å². The number of urea groups is 1. The van der Waals surface area contributed by atoms with Gasteiger partial charge in [0.1, 0.15) is 11.6 Å².